The van der Waals surface area contributed by atoms with Crippen LogP contribution in [0.1, 0.15) is 23.6 Å². The van der Waals surface area contributed by atoms with Crippen molar-refractivity contribution in [2.75, 3.05) is 11.9 Å². The van der Waals surface area contributed by atoms with E-state index in [-0.39, 0.29) is 11.6 Å². The largest absolute Gasteiger partial charge is 0.377 e. The summed E-state index contributed by atoms with van der Waals surface area (Å²) in [7, 11) is 0. The summed E-state index contributed by atoms with van der Waals surface area (Å²) in [6, 6.07) is 13.3. The molecule has 0 heterocycles. The zero-order chi connectivity index (χ0) is 14.5. The van der Waals surface area contributed by atoms with Crippen molar-refractivity contribution in [1.29, 1.82) is 0 Å². The van der Waals surface area contributed by atoms with Crippen molar-refractivity contribution in [3.63, 3.8) is 0 Å². The maximum atomic E-state index is 12.5. The number of nitrogens with two attached hydrogens (primary N) is 1. The summed E-state index contributed by atoms with van der Waals surface area (Å²) in [6.45, 7) is 0.348. The molecule has 0 radical (unpaired) electrons. The van der Waals surface area contributed by atoms with E-state index in [1.54, 1.807) is 24.3 Å². The third-order valence-electron chi connectivity index (χ3n) is 2.99. The molecule has 3 N–H and O–H groups in total. The molecule has 0 aromatic heterocycles. The van der Waals surface area contributed by atoms with Crippen LogP contribution in [0.4, 0.5) is 14.5 Å². The van der Waals surface area contributed by atoms with Gasteiger partial charge in [0.25, 0.3) is 6.43 Å². The molecule has 2 aromatic carbocycles. The van der Waals surface area contributed by atoms with Crippen LogP contribution in [-0.2, 0) is 0 Å². The number of anilines is 1. The van der Waals surface area contributed by atoms with Crippen LogP contribution in [-0.4, -0.2) is 6.54 Å². The van der Waals surface area contributed by atoms with E-state index in [0.29, 0.717) is 11.6 Å². The maximum absolute atomic E-state index is 12.5. The van der Waals surface area contributed by atoms with E-state index >= 15 is 0 Å². The van der Waals surface area contributed by atoms with Gasteiger partial charge in [-0.25, -0.2) is 8.78 Å². The lowest BCUT2D eigenvalue weighted by atomic mass is 10.0. The lowest BCUT2D eigenvalue weighted by molar-refractivity contribution is 0.151. The van der Waals surface area contributed by atoms with E-state index in [2.05, 4.69) is 5.32 Å². The summed E-state index contributed by atoms with van der Waals surface area (Å²) in [5.41, 5.74) is 7.45. The molecular weight excluding hydrogens is 282 g/mol. The van der Waals surface area contributed by atoms with Gasteiger partial charge in [-0.05, 0) is 23.8 Å². The summed E-state index contributed by atoms with van der Waals surface area (Å²) in [5, 5.41) is 3.86. The molecule has 0 aliphatic carbocycles. The van der Waals surface area contributed by atoms with Crippen LogP contribution >= 0.6 is 11.6 Å². The molecule has 0 aliphatic rings. The number of benzene rings is 2. The smallest absolute Gasteiger partial charge is 0.263 e. The number of nitrogens with one attached hydrogen (secondary N) is 1. The first-order valence-corrected chi connectivity index (χ1v) is 6.58. The van der Waals surface area contributed by atoms with Crippen LogP contribution in [0.3, 0.4) is 0 Å². The van der Waals surface area contributed by atoms with Crippen molar-refractivity contribution in [3.8, 4) is 0 Å². The second-order valence-corrected chi connectivity index (χ2v) is 4.85. The van der Waals surface area contributed by atoms with E-state index in [9.17, 15) is 8.78 Å². The Balaban J connectivity index is 2.15. The van der Waals surface area contributed by atoms with Gasteiger partial charge in [0.2, 0.25) is 0 Å². The molecule has 1 atom stereocenters. The molecule has 0 amide bonds. The predicted octanol–water partition coefficient (Wildman–Crippen LogP) is 4.39. The fourth-order valence-corrected chi connectivity index (χ4v) is 2.12. The topological polar surface area (TPSA) is 38.0 Å². The summed E-state index contributed by atoms with van der Waals surface area (Å²) in [5.74, 6) is 0. The minimum Gasteiger partial charge on any atom is -0.377 e. The summed E-state index contributed by atoms with van der Waals surface area (Å²) in [6.07, 6.45) is -2.46. The zero-order valence-electron chi connectivity index (χ0n) is 10.7. The van der Waals surface area contributed by atoms with E-state index < -0.39 is 6.43 Å². The molecule has 2 nitrogen and oxygen atoms in total. The highest BCUT2D eigenvalue weighted by Gasteiger charge is 2.12. The SMILES string of the molecule is NCC(Nc1cccc(Cl)c1)c1ccc(C(F)F)cc1. The first kappa shape index (κ1) is 14.8. The van der Waals surface area contributed by atoms with Crippen LogP contribution in [0.15, 0.2) is 48.5 Å². The monoisotopic (exact) mass is 296 g/mol. The first-order valence-electron chi connectivity index (χ1n) is 6.20. The van der Waals surface area contributed by atoms with Crippen LogP contribution in [0.25, 0.3) is 0 Å². The lowest BCUT2D eigenvalue weighted by Gasteiger charge is -2.19. The Bertz CT molecular complexity index is 558. The third kappa shape index (κ3) is 3.68. The molecule has 0 fully saturated rings. The van der Waals surface area contributed by atoms with Crippen molar-refractivity contribution >= 4 is 17.3 Å². The predicted molar refractivity (Wildman–Crippen MR) is 78.3 cm³/mol. The average molecular weight is 297 g/mol. The van der Waals surface area contributed by atoms with E-state index in [0.717, 1.165) is 11.3 Å². The Morgan fingerprint density at radius 1 is 1.05 bits per heavy atom. The maximum Gasteiger partial charge on any atom is 0.263 e. The Morgan fingerprint density at radius 3 is 2.25 bits per heavy atom. The van der Waals surface area contributed by atoms with E-state index in [4.69, 9.17) is 17.3 Å². The van der Waals surface area contributed by atoms with Crippen molar-refractivity contribution in [3.05, 3.63) is 64.7 Å². The standard InChI is InChI=1S/C15H15ClF2N2/c16-12-2-1-3-13(8-12)20-14(9-19)10-4-6-11(7-5-10)15(17)18/h1-8,14-15,20H,9,19H2. The second-order valence-electron chi connectivity index (χ2n) is 4.41. The highest BCUT2D eigenvalue weighted by atomic mass is 35.5. The molecule has 20 heavy (non-hydrogen) atoms. The van der Waals surface area contributed by atoms with Crippen LogP contribution in [0, 0.1) is 0 Å². The van der Waals surface area contributed by atoms with Crippen molar-refractivity contribution in [2.45, 2.75) is 12.5 Å². The molecule has 1 unspecified atom stereocenters. The highest BCUT2D eigenvalue weighted by Crippen LogP contribution is 2.24. The second kappa shape index (κ2) is 6.68. The molecule has 0 bridgehead atoms. The van der Waals surface area contributed by atoms with Crippen LogP contribution < -0.4 is 11.1 Å². The normalized spacial score (nSPS) is 12.4. The highest BCUT2D eigenvalue weighted by molar-refractivity contribution is 6.30. The first-order chi connectivity index (χ1) is 9.60. The molecule has 0 aliphatic heterocycles. The Morgan fingerprint density at radius 2 is 1.70 bits per heavy atom. The lowest BCUT2D eigenvalue weighted by Crippen LogP contribution is -2.20. The summed E-state index contributed by atoms with van der Waals surface area (Å²) >= 11 is 5.92. The Hall–Kier alpha value is -1.65. The van der Waals surface area contributed by atoms with Gasteiger partial charge in [-0.15, -0.1) is 0 Å². The minimum atomic E-state index is -2.46. The summed E-state index contributed by atoms with van der Waals surface area (Å²) in [4.78, 5) is 0. The van der Waals surface area contributed by atoms with Gasteiger partial charge in [-0.2, -0.15) is 0 Å². The van der Waals surface area contributed by atoms with Gasteiger partial charge in [-0.1, -0.05) is 41.9 Å². The van der Waals surface area contributed by atoms with Gasteiger partial charge in [0.1, 0.15) is 0 Å². The quantitative estimate of drug-likeness (QED) is 0.859. The van der Waals surface area contributed by atoms with E-state index in [1.165, 1.54) is 12.1 Å². The van der Waals surface area contributed by atoms with Crippen molar-refractivity contribution in [2.24, 2.45) is 5.73 Å². The number of alkyl halides is 2. The molecule has 0 saturated carbocycles. The van der Waals surface area contributed by atoms with Gasteiger partial charge in [0, 0.05) is 22.8 Å². The fraction of sp³-hybridized carbons (Fsp3) is 0.200. The van der Waals surface area contributed by atoms with Crippen LogP contribution in [0.5, 0.6) is 0 Å². The fourth-order valence-electron chi connectivity index (χ4n) is 1.93. The van der Waals surface area contributed by atoms with Gasteiger partial charge in [0.15, 0.2) is 0 Å². The Labute approximate surface area is 121 Å². The van der Waals surface area contributed by atoms with Gasteiger partial charge in [-0.3, -0.25) is 0 Å². The minimum absolute atomic E-state index is 0.00674. The Kier molecular flexibility index (Phi) is 4.93. The molecule has 0 spiro atoms. The van der Waals surface area contributed by atoms with Crippen LogP contribution in [0.2, 0.25) is 5.02 Å². The van der Waals surface area contributed by atoms with Gasteiger partial charge in [0.05, 0.1) is 6.04 Å². The summed E-state index contributed by atoms with van der Waals surface area (Å²) < 4.78 is 25.0. The number of hydrogen-bond donors (Lipinski definition) is 2. The number of rotatable bonds is 5. The van der Waals surface area contributed by atoms with Crippen molar-refractivity contribution < 1.29 is 8.78 Å². The van der Waals surface area contributed by atoms with Gasteiger partial charge < -0.3 is 11.1 Å². The third-order valence-corrected chi connectivity index (χ3v) is 3.23. The zero-order valence-corrected chi connectivity index (χ0v) is 11.4. The van der Waals surface area contributed by atoms with E-state index in [1.807, 2.05) is 12.1 Å². The molecular formula is C15H15ClF2N2. The number of hydrogen-bond acceptors (Lipinski definition) is 2. The van der Waals surface area contributed by atoms with Gasteiger partial charge >= 0.3 is 0 Å². The molecule has 106 valence electrons. The molecule has 2 aromatic rings. The average Bonchev–Trinajstić information content (AvgIpc) is 2.45. The molecule has 5 heteroatoms. The number of halogens is 3. The molecule has 2 rings (SSSR count). The van der Waals surface area contributed by atoms with Crippen molar-refractivity contribution in [1.82, 2.24) is 0 Å². The molecule has 0 saturated heterocycles.